The maximum Gasteiger partial charge on any atom is 0.253 e. The number of carbonyl (C=O) groups is 1. The molecule has 0 fully saturated rings. The second kappa shape index (κ2) is 9.02. The Hall–Kier alpha value is -1.97. The number of benzene rings is 1. The van der Waals surface area contributed by atoms with E-state index in [1.54, 1.807) is 39.8 Å². The molecule has 0 bridgehead atoms. The summed E-state index contributed by atoms with van der Waals surface area (Å²) in [5, 5.41) is 2.67. The van der Waals surface area contributed by atoms with Crippen molar-refractivity contribution >= 4 is 31.9 Å². The lowest BCUT2D eigenvalue weighted by Gasteiger charge is -2.22. The van der Waals surface area contributed by atoms with Crippen molar-refractivity contribution in [2.24, 2.45) is 5.92 Å². The van der Waals surface area contributed by atoms with E-state index in [4.69, 9.17) is 0 Å². The van der Waals surface area contributed by atoms with E-state index in [9.17, 15) is 18.0 Å². The van der Waals surface area contributed by atoms with Gasteiger partial charge in [-0.3, -0.25) is 9.59 Å². The summed E-state index contributed by atoms with van der Waals surface area (Å²) in [4.78, 5) is 27.5. The quantitative estimate of drug-likeness (QED) is 0.578. The van der Waals surface area contributed by atoms with Gasteiger partial charge >= 0.3 is 0 Å². The number of halogens is 1. The summed E-state index contributed by atoms with van der Waals surface area (Å²) in [7, 11) is -3.87. The molecular formula is C19H24BrN3O4S. The lowest BCUT2D eigenvalue weighted by atomic mass is 10.0. The fourth-order valence-corrected chi connectivity index (χ4v) is 4.34. The number of sulfonamides is 1. The van der Waals surface area contributed by atoms with Crippen LogP contribution >= 0.6 is 15.9 Å². The summed E-state index contributed by atoms with van der Waals surface area (Å²) in [6.07, 6.45) is 0. The fraction of sp³-hybridized carbons (Fsp3) is 0.368. The zero-order chi connectivity index (χ0) is 21.1. The number of aromatic amines is 1. The summed E-state index contributed by atoms with van der Waals surface area (Å²) in [5.41, 5.74) is 1.67. The van der Waals surface area contributed by atoms with Crippen LogP contribution < -0.4 is 15.6 Å². The molecule has 0 saturated carbocycles. The van der Waals surface area contributed by atoms with E-state index < -0.39 is 22.0 Å². The van der Waals surface area contributed by atoms with E-state index in [1.807, 2.05) is 6.07 Å². The molecular weight excluding hydrogens is 446 g/mol. The molecule has 2 rings (SSSR count). The lowest BCUT2D eigenvalue weighted by molar-refractivity contribution is -0.123. The third kappa shape index (κ3) is 5.52. The first-order valence-corrected chi connectivity index (χ1v) is 11.0. The monoisotopic (exact) mass is 469 g/mol. The summed E-state index contributed by atoms with van der Waals surface area (Å²) >= 11 is 3.26. The van der Waals surface area contributed by atoms with Gasteiger partial charge in [0.25, 0.3) is 5.56 Å². The summed E-state index contributed by atoms with van der Waals surface area (Å²) < 4.78 is 28.5. The van der Waals surface area contributed by atoms with Gasteiger partial charge in [-0.05, 0) is 55.7 Å². The van der Waals surface area contributed by atoms with E-state index in [-0.39, 0.29) is 22.9 Å². The Morgan fingerprint density at radius 2 is 1.79 bits per heavy atom. The summed E-state index contributed by atoms with van der Waals surface area (Å²) in [6.45, 7) is 7.09. The van der Waals surface area contributed by atoms with Gasteiger partial charge in [-0.15, -0.1) is 0 Å². The SMILES string of the molecule is Cc1cc(C)c(CNC(=O)[C@@H](NS(=O)(=O)c2ccc(Br)cc2)C(C)C)c(=O)[nH]1. The molecule has 3 N–H and O–H groups in total. The Labute approximate surface area is 173 Å². The average molecular weight is 470 g/mol. The molecule has 0 aliphatic carbocycles. The molecule has 2 aromatic rings. The van der Waals surface area contributed by atoms with Crippen LogP contribution in [0, 0.1) is 19.8 Å². The van der Waals surface area contributed by atoms with Crippen molar-refractivity contribution in [3.05, 3.63) is 62.0 Å². The van der Waals surface area contributed by atoms with Gasteiger partial charge in [0.2, 0.25) is 15.9 Å². The van der Waals surface area contributed by atoms with E-state index in [1.165, 1.54) is 12.1 Å². The van der Waals surface area contributed by atoms with Gasteiger partial charge in [0.15, 0.2) is 0 Å². The summed E-state index contributed by atoms with van der Waals surface area (Å²) in [5.74, 6) is -0.780. The molecule has 1 heterocycles. The number of amides is 1. The minimum atomic E-state index is -3.87. The Kier molecular flexibility index (Phi) is 7.19. The smallest absolute Gasteiger partial charge is 0.253 e. The molecule has 1 atom stereocenters. The number of carbonyl (C=O) groups excluding carboxylic acids is 1. The highest BCUT2D eigenvalue weighted by atomic mass is 79.9. The zero-order valence-electron chi connectivity index (χ0n) is 16.2. The predicted molar refractivity (Wildman–Crippen MR) is 111 cm³/mol. The van der Waals surface area contributed by atoms with Crippen molar-refractivity contribution in [1.82, 2.24) is 15.0 Å². The second-order valence-corrected chi connectivity index (χ2v) is 9.59. The Morgan fingerprint density at radius 3 is 2.32 bits per heavy atom. The van der Waals surface area contributed by atoms with Gasteiger partial charge in [-0.2, -0.15) is 4.72 Å². The van der Waals surface area contributed by atoms with Gasteiger partial charge < -0.3 is 10.3 Å². The highest BCUT2D eigenvalue weighted by Gasteiger charge is 2.28. The molecule has 28 heavy (non-hydrogen) atoms. The normalized spacial score (nSPS) is 12.8. The molecule has 152 valence electrons. The zero-order valence-corrected chi connectivity index (χ0v) is 18.6. The molecule has 1 amide bonds. The minimum Gasteiger partial charge on any atom is -0.350 e. The topological polar surface area (TPSA) is 108 Å². The molecule has 0 aliphatic rings. The van der Waals surface area contributed by atoms with Crippen LogP contribution in [0.3, 0.4) is 0 Å². The number of pyridine rings is 1. The molecule has 9 heteroatoms. The predicted octanol–water partition coefficient (Wildman–Crippen LogP) is 2.37. The molecule has 1 aromatic carbocycles. The molecule has 0 unspecified atom stereocenters. The second-order valence-electron chi connectivity index (χ2n) is 6.96. The lowest BCUT2D eigenvalue weighted by Crippen LogP contribution is -2.49. The van der Waals surface area contributed by atoms with Crippen molar-refractivity contribution in [3.63, 3.8) is 0 Å². The van der Waals surface area contributed by atoms with Crippen molar-refractivity contribution in [3.8, 4) is 0 Å². The number of hydrogen-bond donors (Lipinski definition) is 3. The van der Waals surface area contributed by atoms with Crippen LogP contribution in [0.1, 0.15) is 30.7 Å². The molecule has 1 aromatic heterocycles. The van der Waals surface area contributed by atoms with Crippen LogP contribution in [0.25, 0.3) is 0 Å². The summed E-state index contributed by atoms with van der Waals surface area (Å²) in [6, 6.07) is 6.99. The maximum absolute atomic E-state index is 12.7. The van der Waals surface area contributed by atoms with E-state index in [0.717, 1.165) is 15.7 Å². The molecule has 0 spiro atoms. The number of H-pyrrole nitrogens is 1. The first-order chi connectivity index (χ1) is 13.0. The standard InChI is InChI=1S/C19H24BrN3O4S/c1-11(2)17(23-28(26,27)15-7-5-14(20)6-8-15)19(25)21-10-16-12(3)9-13(4)22-18(16)24/h5-9,11,17,23H,10H2,1-4H3,(H,21,25)(H,22,24)/t17-/m0/s1. The maximum atomic E-state index is 12.7. The van der Waals surface area contributed by atoms with E-state index in [2.05, 4.69) is 31.0 Å². The molecule has 0 aliphatic heterocycles. The van der Waals surface area contributed by atoms with Gasteiger partial charge in [-0.25, -0.2) is 8.42 Å². The van der Waals surface area contributed by atoms with Crippen LogP contribution in [0.5, 0.6) is 0 Å². The van der Waals surface area contributed by atoms with Crippen LogP contribution in [-0.2, 0) is 21.4 Å². The number of rotatable bonds is 7. The van der Waals surface area contributed by atoms with Crippen molar-refractivity contribution < 1.29 is 13.2 Å². The van der Waals surface area contributed by atoms with Gasteiger partial charge in [-0.1, -0.05) is 29.8 Å². The van der Waals surface area contributed by atoms with E-state index >= 15 is 0 Å². The first kappa shape index (κ1) is 22.3. The largest absolute Gasteiger partial charge is 0.350 e. The van der Waals surface area contributed by atoms with Crippen molar-refractivity contribution in [1.29, 1.82) is 0 Å². The van der Waals surface area contributed by atoms with Gasteiger partial charge in [0, 0.05) is 22.3 Å². The fourth-order valence-electron chi connectivity index (χ4n) is 2.73. The number of aromatic nitrogens is 1. The Balaban J connectivity index is 2.16. The average Bonchev–Trinajstić information content (AvgIpc) is 2.58. The van der Waals surface area contributed by atoms with Crippen molar-refractivity contribution in [2.75, 3.05) is 0 Å². The van der Waals surface area contributed by atoms with Crippen LogP contribution in [0.2, 0.25) is 0 Å². The molecule has 0 saturated heterocycles. The number of hydrogen-bond acceptors (Lipinski definition) is 4. The highest BCUT2D eigenvalue weighted by Crippen LogP contribution is 2.16. The van der Waals surface area contributed by atoms with Crippen molar-refractivity contribution in [2.45, 2.75) is 45.2 Å². The van der Waals surface area contributed by atoms with Gasteiger partial charge in [0.1, 0.15) is 6.04 Å². The molecule has 0 radical (unpaired) electrons. The van der Waals surface area contributed by atoms with E-state index in [0.29, 0.717) is 5.56 Å². The van der Waals surface area contributed by atoms with Gasteiger partial charge in [0.05, 0.1) is 4.90 Å². The third-order valence-corrected chi connectivity index (χ3v) is 6.27. The minimum absolute atomic E-state index is 0.0174. The Morgan fingerprint density at radius 1 is 1.18 bits per heavy atom. The van der Waals surface area contributed by atoms with Crippen LogP contribution in [0.4, 0.5) is 0 Å². The third-order valence-electron chi connectivity index (χ3n) is 4.29. The van der Waals surface area contributed by atoms with Crippen LogP contribution in [0.15, 0.2) is 44.5 Å². The highest BCUT2D eigenvalue weighted by molar-refractivity contribution is 9.10. The number of aryl methyl sites for hydroxylation is 2. The van der Waals surface area contributed by atoms with Crippen LogP contribution in [-0.4, -0.2) is 25.4 Å². The molecule has 7 nitrogen and oxygen atoms in total. The number of nitrogens with one attached hydrogen (secondary N) is 3. The first-order valence-electron chi connectivity index (χ1n) is 8.76. The Bertz CT molecular complexity index is 1010.